The number of fused-ring (bicyclic) bond motifs is 1. The smallest absolute Gasteiger partial charge is 0.193 e. The molecule has 0 saturated heterocycles. The number of nitrogens with one attached hydrogen (secondary N) is 1. The summed E-state index contributed by atoms with van der Waals surface area (Å²) < 4.78 is 16.9. The van der Waals surface area contributed by atoms with Crippen molar-refractivity contribution in [3.63, 3.8) is 0 Å². The van der Waals surface area contributed by atoms with Gasteiger partial charge in [-0.2, -0.15) is 0 Å². The molecule has 1 heterocycles. The van der Waals surface area contributed by atoms with Gasteiger partial charge in [0.15, 0.2) is 5.43 Å². The summed E-state index contributed by atoms with van der Waals surface area (Å²) in [5, 5.41) is 3.80. The number of anilines is 1. The van der Waals surface area contributed by atoms with E-state index in [1.165, 1.54) is 25.3 Å². The number of benzene rings is 1. The van der Waals surface area contributed by atoms with Crippen molar-refractivity contribution in [3.05, 3.63) is 39.9 Å². The van der Waals surface area contributed by atoms with Crippen LogP contribution >= 0.6 is 0 Å². The van der Waals surface area contributed by atoms with E-state index >= 15 is 0 Å². The molecule has 0 spiro atoms. The minimum absolute atomic E-state index is 0.159. The highest BCUT2D eigenvalue weighted by Gasteiger charge is 2.19. The Morgan fingerprint density at radius 2 is 1.92 bits per heavy atom. The molecule has 0 radical (unpaired) electrons. The molecule has 3 rings (SSSR count). The van der Waals surface area contributed by atoms with Gasteiger partial charge in [0.05, 0.1) is 11.2 Å². The van der Waals surface area contributed by atoms with Crippen molar-refractivity contribution in [1.29, 1.82) is 0 Å². The van der Waals surface area contributed by atoms with Gasteiger partial charge in [-0.05, 0) is 37.8 Å². The summed E-state index contributed by atoms with van der Waals surface area (Å²) in [6, 6.07) is 3.78. The van der Waals surface area contributed by atoms with E-state index in [-0.39, 0.29) is 23.8 Å². The largest absolute Gasteiger partial charge is 0.380 e. The van der Waals surface area contributed by atoms with Crippen LogP contribution in [-0.2, 0) is 6.54 Å². The molecule has 1 aromatic carbocycles. The van der Waals surface area contributed by atoms with Gasteiger partial charge in [0.2, 0.25) is 0 Å². The van der Waals surface area contributed by atoms with Gasteiger partial charge in [0, 0.05) is 35.8 Å². The number of nitrogens with two attached hydrogens (primary N) is 1. The Hall–Kier alpha value is -1.88. The van der Waals surface area contributed by atoms with Crippen molar-refractivity contribution in [1.82, 2.24) is 4.57 Å². The molecule has 26 heavy (non-hydrogen) atoms. The number of hydrogen-bond acceptors (Lipinski definition) is 3. The van der Waals surface area contributed by atoms with Gasteiger partial charge in [0.25, 0.3) is 0 Å². The summed E-state index contributed by atoms with van der Waals surface area (Å²) in [6.07, 6.45) is 9.53. The lowest BCUT2D eigenvalue weighted by Gasteiger charge is -2.25. The van der Waals surface area contributed by atoms with E-state index in [1.54, 1.807) is 0 Å². The molecule has 0 unspecified atom stereocenters. The van der Waals surface area contributed by atoms with Crippen LogP contribution in [0.3, 0.4) is 0 Å². The quantitative estimate of drug-likeness (QED) is 0.785. The fraction of sp³-hybridized carbons (Fsp3) is 0.571. The molecule has 1 aliphatic carbocycles. The highest BCUT2D eigenvalue weighted by molar-refractivity contribution is 5.83. The van der Waals surface area contributed by atoms with Gasteiger partial charge in [-0.1, -0.05) is 33.1 Å². The zero-order chi connectivity index (χ0) is 18.7. The first-order chi connectivity index (χ1) is 12.6. The van der Waals surface area contributed by atoms with Crippen molar-refractivity contribution in [3.8, 4) is 0 Å². The van der Waals surface area contributed by atoms with Crippen LogP contribution in [0.15, 0.2) is 23.1 Å². The Labute approximate surface area is 154 Å². The Morgan fingerprint density at radius 3 is 2.54 bits per heavy atom. The number of halogens is 1. The van der Waals surface area contributed by atoms with Crippen LogP contribution in [0.5, 0.6) is 0 Å². The molecular formula is C21H30FN3O. The first-order valence-electron chi connectivity index (χ1n) is 9.92. The number of rotatable bonds is 6. The van der Waals surface area contributed by atoms with Crippen LogP contribution in [0, 0.1) is 5.82 Å². The van der Waals surface area contributed by atoms with Crippen LogP contribution < -0.4 is 16.5 Å². The molecule has 1 aromatic heterocycles. The summed E-state index contributed by atoms with van der Waals surface area (Å²) in [4.78, 5) is 12.7. The maximum atomic E-state index is 14.7. The van der Waals surface area contributed by atoms with Gasteiger partial charge >= 0.3 is 0 Å². The van der Waals surface area contributed by atoms with Gasteiger partial charge in [-0.3, -0.25) is 4.79 Å². The second-order valence-electron chi connectivity index (χ2n) is 7.39. The summed E-state index contributed by atoms with van der Waals surface area (Å²) in [5.41, 5.74) is 7.44. The fourth-order valence-electron chi connectivity index (χ4n) is 4.13. The molecule has 4 nitrogen and oxygen atoms in total. The third kappa shape index (κ3) is 3.63. The van der Waals surface area contributed by atoms with E-state index in [9.17, 15) is 9.18 Å². The lowest BCUT2D eigenvalue weighted by atomic mass is 9.95. The Bertz CT molecular complexity index is 820. The monoisotopic (exact) mass is 359 g/mol. The van der Waals surface area contributed by atoms with Crippen LogP contribution in [0.1, 0.15) is 70.4 Å². The summed E-state index contributed by atoms with van der Waals surface area (Å²) in [5.74, 6) is -0.356. The molecule has 142 valence electrons. The molecule has 3 N–H and O–H groups in total. The van der Waals surface area contributed by atoms with Gasteiger partial charge in [-0.15, -0.1) is 0 Å². The fourth-order valence-corrected chi connectivity index (χ4v) is 4.13. The highest BCUT2D eigenvalue weighted by atomic mass is 19.1. The SMILES string of the molecule is CCC(CC)n1cc(CN)c(=O)c2cc(F)c(NC3CCCCC3)cc21. The Balaban J connectivity index is 2.13. The molecule has 1 fully saturated rings. The second kappa shape index (κ2) is 8.21. The second-order valence-corrected chi connectivity index (χ2v) is 7.39. The predicted molar refractivity (Wildman–Crippen MR) is 106 cm³/mol. The summed E-state index contributed by atoms with van der Waals surface area (Å²) >= 11 is 0. The highest BCUT2D eigenvalue weighted by Crippen LogP contribution is 2.29. The van der Waals surface area contributed by atoms with Crippen LogP contribution in [-0.4, -0.2) is 10.6 Å². The minimum atomic E-state index is -0.356. The Morgan fingerprint density at radius 1 is 1.23 bits per heavy atom. The van der Waals surface area contributed by atoms with Crippen LogP contribution in [0.4, 0.5) is 10.1 Å². The molecule has 0 atom stereocenters. The first kappa shape index (κ1) is 18.9. The standard InChI is InChI=1S/C21H30FN3O/c1-3-16(4-2)25-13-14(12-23)21(26)17-10-18(22)19(11-20(17)25)24-15-8-6-5-7-9-15/h10-11,13,15-16,24H,3-9,12,23H2,1-2H3. The van der Waals surface area contributed by atoms with Gasteiger partial charge < -0.3 is 15.6 Å². The molecule has 0 bridgehead atoms. The lowest BCUT2D eigenvalue weighted by molar-refractivity contribution is 0.460. The first-order valence-corrected chi connectivity index (χ1v) is 9.92. The average Bonchev–Trinajstić information content (AvgIpc) is 2.66. The molecule has 1 saturated carbocycles. The summed E-state index contributed by atoms with van der Waals surface area (Å²) in [7, 11) is 0. The van der Waals surface area contributed by atoms with E-state index in [4.69, 9.17) is 5.73 Å². The van der Waals surface area contributed by atoms with E-state index in [0.717, 1.165) is 31.2 Å². The number of aromatic nitrogens is 1. The van der Waals surface area contributed by atoms with Gasteiger partial charge in [0.1, 0.15) is 5.82 Å². The lowest BCUT2D eigenvalue weighted by Crippen LogP contribution is -2.24. The number of pyridine rings is 1. The Kier molecular flexibility index (Phi) is 5.97. The molecule has 5 heteroatoms. The van der Waals surface area contributed by atoms with Crippen molar-refractivity contribution in [2.75, 3.05) is 5.32 Å². The van der Waals surface area contributed by atoms with E-state index in [1.807, 2.05) is 12.3 Å². The van der Waals surface area contributed by atoms with E-state index < -0.39 is 0 Å². The normalized spacial score (nSPS) is 15.7. The van der Waals surface area contributed by atoms with Crippen molar-refractivity contribution >= 4 is 16.6 Å². The molecule has 2 aromatic rings. The van der Waals surface area contributed by atoms with Gasteiger partial charge in [-0.25, -0.2) is 4.39 Å². The van der Waals surface area contributed by atoms with Crippen molar-refractivity contribution < 1.29 is 4.39 Å². The zero-order valence-electron chi connectivity index (χ0n) is 15.9. The number of nitrogens with zero attached hydrogens (tertiary/aromatic N) is 1. The maximum Gasteiger partial charge on any atom is 0.193 e. The van der Waals surface area contributed by atoms with Crippen molar-refractivity contribution in [2.45, 2.75) is 77.4 Å². The molecule has 0 aliphatic heterocycles. The molecule has 1 aliphatic rings. The maximum absolute atomic E-state index is 14.7. The number of hydrogen-bond donors (Lipinski definition) is 2. The average molecular weight is 359 g/mol. The third-order valence-corrected chi connectivity index (χ3v) is 5.72. The topological polar surface area (TPSA) is 60.0 Å². The third-order valence-electron chi connectivity index (χ3n) is 5.72. The summed E-state index contributed by atoms with van der Waals surface area (Å²) in [6.45, 7) is 4.43. The zero-order valence-corrected chi connectivity index (χ0v) is 15.9. The molecule has 0 amide bonds. The van der Waals surface area contributed by atoms with E-state index in [2.05, 4.69) is 23.7 Å². The molecular weight excluding hydrogens is 329 g/mol. The van der Waals surface area contributed by atoms with Crippen LogP contribution in [0.25, 0.3) is 10.9 Å². The van der Waals surface area contributed by atoms with Crippen LogP contribution in [0.2, 0.25) is 0 Å². The minimum Gasteiger partial charge on any atom is -0.380 e. The predicted octanol–water partition coefficient (Wildman–Crippen LogP) is 4.71. The van der Waals surface area contributed by atoms with E-state index in [0.29, 0.717) is 22.7 Å². The van der Waals surface area contributed by atoms with Crippen molar-refractivity contribution in [2.24, 2.45) is 5.73 Å².